The van der Waals surface area contributed by atoms with Crippen LogP contribution in [0.4, 0.5) is 0 Å². The van der Waals surface area contributed by atoms with E-state index in [2.05, 4.69) is 36.5 Å². The van der Waals surface area contributed by atoms with Crippen LogP contribution in [0.15, 0.2) is 24.3 Å². The van der Waals surface area contributed by atoms with E-state index >= 15 is 0 Å². The van der Waals surface area contributed by atoms with Gasteiger partial charge in [-0.25, -0.2) is 0 Å². The summed E-state index contributed by atoms with van der Waals surface area (Å²) in [6, 6.07) is 8.61. The van der Waals surface area contributed by atoms with Crippen LogP contribution in [-0.4, -0.2) is 5.54 Å². The van der Waals surface area contributed by atoms with Gasteiger partial charge in [0.25, 0.3) is 0 Å². The lowest BCUT2D eigenvalue weighted by atomic mass is 9.83. The molecule has 2 heteroatoms. The number of nitrogens with one attached hydrogen (secondary N) is 1. The summed E-state index contributed by atoms with van der Waals surface area (Å²) in [5.74, 6) is 0. The van der Waals surface area contributed by atoms with E-state index in [0.29, 0.717) is 12.1 Å². The molecule has 0 radical (unpaired) electrons. The smallest absolute Gasteiger partial charge is 0.0210 e. The van der Waals surface area contributed by atoms with E-state index in [0.717, 1.165) is 6.54 Å². The van der Waals surface area contributed by atoms with Crippen LogP contribution in [0.3, 0.4) is 0 Å². The molecule has 0 aromatic heterocycles. The van der Waals surface area contributed by atoms with Crippen molar-refractivity contribution >= 4 is 0 Å². The van der Waals surface area contributed by atoms with E-state index in [-0.39, 0.29) is 0 Å². The third kappa shape index (κ3) is 3.55. The van der Waals surface area contributed by atoms with Crippen LogP contribution in [-0.2, 0) is 13.1 Å². The summed E-state index contributed by atoms with van der Waals surface area (Å²) in [7, 11) is 0. The lowest BCUT2D eigenvalue weighted by Gasteiger charge is -2.34. The maximum absolute atomic E-state index is 5.60. The van der Waals surface area contributed by atoms with Crippen molar-refractivity contribution < 1.29 is 0 Å². The van der Waals surface area contributed by atoms with Crippen LogP contribution < -0.4 is 11.1 Å². The molecule has 1 aromatic carbocycles. The molecule has 1 aliphatic rings. The van der Waals surface area contributed by atoms with Crippen LogP contribution in [0.1, 0.15) is 50.2 Å². The van der Waals surface area contributed by atoms with Gasteiger partial charge in [-0.3, -0.25) is 0 Å². The molecule has 2 rings (SSSR count). The molecule has 1 fully saturated rings. The topological polar surface area (TPSA) is 38.0 Å². The molecule has 0 saturated heterocycles. The van der Waals surface area contributed by atoms with Crippen molar-refractivity contribution in [1.29, 1.82) is 0 Å². The van der Waals surface area contributed by atoms with Crippen molar-refractivity contribution in [2.45, 2.75) is 57.7 Å². The largest absolute Gasteiger partial charge is 0.326 e. The number of nitrogens with two attached hydrogens (primary N) is 1. The summed E-state index contributed by atoms with van der Waals surface area (Å²) in [5.41, 5.74) is 8.51. The van der Waals surface area contributed by atoms with Gasteiger partial charge < -0.3 is 11.1 Å². The van der Waals surface area contributed by atoms with Gasteiger partial charge in [0.15, 0.2) is 0 Å². The van der Waals surface area contributed by atoms with Gasteiger partial charge in [-0.2, -0.15) is 0 Å². The molecule has 2 nitrogen and oxygen atoms in total. The third-order valence-corrected chi connectivity index (χ3v) is 3.94. The van der Waals surface area contributed by atoms with Gasteiger partial charge >= 0.3 is 0 Å². The van der Waals surface area contributed by atoms with E-state index in [1.807, 2.05) is 0 Å². The normalized spacial score (nSPS) is 19.2. The van der Waals surface area contributed by atoms with E-state index in [4.69, 9.17) is 5.73 Å². The van der Waals surface area contributed by atoms with Gasteiger partial charge in [-0.1, -0.05) is 43.5 Å². The summed E-state index contributed by atoms with van der Waals surface area (Å²) in [6.07, 6.45) is 6.77. The predicted octanol–water partition coefficient (Wildman–Crippen LogP) is 2.96. The van der Waals surface area contributed by atoms with Crippen molar-refractivity contribution in [2.24, 2.45) is 5.73 Å². The first-order chi connectivity index (χ1) is 8.22. The van der Waals surface area contributed by atoms with Crippen molar-refractivity contribution in [3.63, 3.8) is 0 Å². The summed E-state index contributed by atoms with van der Waals surface area (Å²) in [4.78, 5) is 0. The zero-order valence-electron chi connectivity index (χ0n) is 10.8. The van der Waals surface area contributed by atoms with Crippen LogP contribution >= 0.6 is 0 Å². The van der Waals surface area contributed by atoms with Crippen LogP contribution in [0, 0.1) is 0 Å². The zero-order chi connectivity index (χ0) is 12.1. The van der Waals surface area contributed by atoms with Crippen LogP contribution in [0.25, 0.3) is 0 Å². The highest BCUT2D eigenvalue weighted by Gasteiger charge is 2.25. The van der Waals surface area contributed by atoms with Gasteiger partial charge in [0.1, 0.15) is 0 Å². The summed E-state index contributed by atoms with van der Waals surface area (Å²) in [5, 5.41) is 3.72. The van der Waals surface area contributed by atoms with Crippen LogP contribution in [0.2, 0.25) is 0 Å². The molecule has 94 valence electrons. The Kier molecular flexibility index (Phi) is 4.19. The van der Waals surface area contributed by atoms with E-state index in [1.54, 1.807) is 0 Å². The SMILES string of the molecule is CC1(NCc2ccc(CN)cc2)CCCCC1. The first kappa shape index (κ1) is 12.6. The number of rotatable bonds is 4. The molecular weight excluding hydrogens is 208 g/mol. The highest BCUT2D eigenvalue weighted by molar-refractivity contribution is 5.22. The van der Waals surface area contributed by atoms with Crippen molar-refractivity contribution in [2.75, 3.05) is 0 Å². The Hall–Kier alpha value is -0.860. The molecule has 0 aliphatic heterocycles. The van der Waals surface area contributed by atoms with Crippen molar-refractivity contribution in [3.8, 4) is 0 Å². The lowest BCUT2D eigenvalue weighted by Crippen LogP contribution is -2.43. The van der Waals surface area contributed by atoms with Gasteiger partial charge in [0.05, 0.1) is 0 Å². The summed E-state index contributed by atoms with van der Waals surface area (Å²) >= 11 is 0. The minimum atomic E-state index is 0.352. The fourth-order valence-electron chi connectivity index (χ4n) is 2.62. The third-order valence-electron chi connectivity index (χ3n) is 3.94. The molecule has 0 heterocycles. The van der Waals surface area contributed by atoms with Gasteiger partial charge in [0.2, 0.25) is 0 Å². The Bertz CT molecular complexity index is 336. The highest BCUT2D eigenvalue weighted by Crippen LogP contribution is 2.27. The first-order valence-electron chi connectivity index (χ1n) is 6.75. The average Bonchev–Trinajstić information content (AvgIpc) is 2.38. The van der Waals surface area contributed by atoms with Gasteiger partial charge in [0, 0.05) is 18.6 Å². The highest BCUT2D eigenvalue weighted by atomic mass is 15.0. The van der Waals surface area contributed by atoms with Crippen LogP contribution in [0.5, 0.6) is 0 Å². The second-order valence-corrected chi connectivity index (χ2v) is 5.50. The Morgan fingerprint density at radius 2 is 1.65 bits per heavy atom. The van der Waals surface area contributed by atoms with E-state index in [1.165, 1.54) is 43.2 Å². The molecule has 0 spiro atoms. The fourth-order valence-corrected chi connectivity index (χ4v) is 2.62. The Labute approximate surface area is 105 Å². The standard InChI is InChI=1S/C15H24N2/c1-15(9-3-2-4-10-15)17-12-14-7-5-13(11-16)6-8-14/h5-8,17H,2-4,9-12,16H2,1H3. The first-order valence-corrected chi connectivity index (χ1v) is 6.75. The molecule has 0 unspecified atom stereocenters. The molecule has 3 N–H and O–H groups in total. The minimum Gasteiger partial charge on any atom is -0.326 e. The predicted molar refractivity (Wildman–Crippen MR) is 72.7 cm³/mol. The summed E-state index contributed by atoms with van der Waals surface area (Å²) in [6.45, 7) is 3.97. The maximum Gasteiger partial charge on any atom is 0.0210 e. The van der Waals surface area contributed by atoms with E-state index < -0.39 is 0 Å². The molecule has 1 aliphatic carbocycles. The minimum absolute atomic E-state index is 0.352. The number of benzene rings is 1. The quantitative estimate of drug-likeness (QED) is 0.837. The van der Waals surface area contributed by atoms with Crippen molar-refractivity contribution in [1.82, 2.24) is 5.32 Å². The number of hydrogen-bond donors (Lipinski definition) is 2. The molecule has 1 aromatic rings. The molecule has 17 heavy (non-hydrogen) atoms. The lowest BCUT2D eigenvalue weighted by molar-refractivity contribution is 0.252. The monoisotopic (exact) mass is 232 g/mol. The summed E-state index contributed by atoms with van der Waals surface area (Å²) < 4.78 is 0. The Morgan fingerprint density at radius 1 is 1.06 bits per heavy atom. The van der Waals surface area contributed by atoms with Gasteiger partial charge in [-0.05, 0) is 30.9 Å². The fraction of sp³-hybridized carbons (Fsp3) is 0.600. The molecule has 0 bridgehead atoms. The average molecular weight is 232 g/mol. The van der Waals surface area contributed by atoms with E-state index in [9.17, 15) is 0 Å². The molecule has 1 saturated carbocycles. The molecule has 0 atom stereocenters. The Balaban J connectivity index is 1.87. The van der Waals surface area contributed by atoms with Gasteiger partial charge in [-0.15, -0.1) is 0 Å². The molecular formula is C15H24N2. The molecule has 0 amide bonds. The second kappa shape index (κ2) is 5.65. The number of hydrogen-bond acceptors (Lipinski definition) is 2. The zero-order valence-corrected chi connectivity index (χ0v) is 10.8. The Morgan fingerprint density at radius 3 is 2.24 bits per heavy atom. The maximum atomic E-state index is 5.60. The van der Waals surface area contributed by atoms with Crippen molar-refractivity contribution in [3.05, 3.63) is 35.4 Å². The second-order valence-electron chi connectivity index (χ2n) is 5.50.